The van der Waals surface area contributed by atoms with Crippen LogP contribution in [0.25, 0.3) is 0 Å². The SMILES string of the molecule is CCCNc1ccccc1C(=O)N1CC[C@@]23OCCN2C(=O)C[C@@H]13. The molecule has 24 heavy (non-hydrogen) atoms. The van der Waals surface area contributed by atoms with Crippen LogP contribution < -0.4 is 5.32 Å². The number of nitrogens with one attached hydrogen (secondary N) is 1. The smallest absolute Gasteiger partial charge is 0.256 e. The first-order chi connectivity index (χ1) is 11.7. The highest BCUT2D eigenvalue weighted by atomic mass is 16.5. The van der Waals surface area contributed by atoms with E-state index in [1.54, 1.807) is 0 Å². The summed E-state index contributed by atoms with van der Waals surface area (Å²) < 4.78 is 5.97. The van der Waals surface area contributed by atoms with E-state index in [1.807, 2.05) is 34.1 Å². The van der Waals surface area contributed by atoms with Gasteiger partial charge in [0, 0.05) is 31.7 Å². The molecule has 2 atom stereocenters. The van der Waals surface area contributed by atoms with Gasteiger partial charge in [0.2, 0.25) is 5.91 Å². The molecule has 1 N–H and O–H groups in total. The number of anilines is 1. The van der Waals surface area contributed by atoms with Crippen molar-refractivity contribution >= 4 is 17.5 Å². The highest BCUT2D eigenvalue weighted by Crippen LogP contribution is 2.46. The number of carbonyl (C=O) groups is 2. The number of ether oxygens (including phenoxy) is 1. The monoisotopic (exact) mass is 329 g/mol. The number of benzene rings is 1. The molecule has 1 aromatic rings. The zero-order valence-corrected chi connectivity index (χ0v) is 14.0. The van der Waals surface area contributed by atoms with Crippen molar-refractivity contribution in [2.24, 2.45) is 0 Å². The van der Waals surface area contributed by atoms with E-state index >= 15 is 0 Å². The summed E-state index contributed by atoms with van der Waals surface area (Å²) in [4.78, 5) is 29.1. The minimum Gasteiger partial charge on any atom is -0.384 e. The summed E-state index contributed by atoms with van der Waals surface area (Å²) in [5, 5.41) is 3.32. The normalized spacial score (nSPS) is 28.2. The maximum absolute atomic E-state index is 13.2. The Labute approximate surface area is 141 Å². The molecular weight excluding hydrogens is 306 g/mol. The maximum atomic E-state index is 13.2. The minimum atomic E-state index is -0.571. The lowest BCUT2D eigenvalue weighted by Crippen LogP contribution is -2.48. The summed E-state index contributed by atoms with van der Waals surface area (Å²) in [7, 11) is 0. The van der Waals surface area contributed by atoms with Gasteiger partial charge in [-0.05, 0) is 18.6 Å². The topological polar surface area (TPSA) is 61.9 Å². The summed E-state index contributed by atoms with van der Waals surface area (Å²) >= 11 is 0. The van der Waals surface area contributed by atoms with Crippen LogP contribution in [-0.2, 0) is 9.53 Å². The fourth-order valence-electron chi connectivity index (χ4n) is 4.27. The third-order valence-electron chi connectivity index (χ3n) is 5.38. The number of para-hydroxylation sites is 1. The van der Waals surface area contributed by atoms with Crippen LogP contribution in [0.15, 0.2) is 24.3 Å². The Balaban J connectivity index is 1.61. The van der Waals surface area contributed by atoms with Gasteiger partial charge in [-0.1, -0.05) is 19.1 Å². The standard InChI is InChI=1S/C18H23N3O3/c1-2-8-19-14-6-4-3-5-13(14)17(23)20-9-7-18-15(20)12-16(22)21(18)10-11-24-18/h3-6,15,19H,2,7-12H2,1H3/t15-,18+/m1/s1. The zero-order chi connectivity index (χ0) is 16.7. The van der Waals surface area contributed by atoms with E-state index in [0.717, 1.165) is 18.7 Å². The number of hydrogen-bond acceptors (Lipinski definition) is 4. The van der Waals surface area contributed by atoms with Crippen LogP contribution in [0.2, 0.25) is 0 Å². The van der Waals surface area contributed by atoms with E-state index in [9.17, 15) is 9.59 Å². The van der Waals surface area contributed by atoms with Crippen molar-refractivity contribution in [1.82, 2.24) is 9.80 Å². The number of likely N-dealkylation sites (tertiary alicyclic amines) is 1. The Bertz CT molecular complexity index is 677. The van der Waals surface area contributed by atoms with Gasteiger partial charge < -0.3 is 19.9 Å². The lowest BCUT2D eigenvalue weighted by atomic mass is 10.1. The van der Waals surface area contributed by atoms with Crippen LogP contribution in [0.1, 0.15) is 36.5 Å². The minimum absolute atomic E-state index is 0.0128. The number of rotatable bonds is 4. The molecule has 6 nitrogen and oxygen atoms in total. The second-order valence-electron chi connectivity index (χ2n) is 6.68. The molecule has 1 spiro atoms. The second-order valence-corrected chi connectivity index (χ2v) is 6.68. The fraction of sp³-hybridized carbons (Fsp3) is 0.556. The zero-order valence-electron chi connectivity index (χ0n) is 14.0. The Kier molecular flexibility index (Phi) is 3.72. The van der Waals surface area contributed by atoms with Gasteiger partial charge in [0.15, 0.2) is 5.72 Å². The van der Waals surface area contributed by atoms with E-state index in [2.05, 4.69) is 12.2 Å². The van der Waals surface area contributed by atoms with E-state index in [-0.39, 0.29) is 17.9 Å². The van der Waals surface area contributed by atoms with Crippen LogP contribution in [0, 0.1) is 0 Å². The molecule has 3 heterocycles. The van der Waals surface area contributed by atoms with Gasteiger partial charge in [-0.2, -0.15) is 0 Å². The highest BCUT2D eigenvalue weighted by Gasteiger charge is 2.62. The second kappa shape index (κ2) is 5.77. The maximum Gasteiger partial charge on any atom is 0.256 e. The first kappa shape index (κ1) is 15.4. The van der Waals surface area contributed by atoms with Crippen molar-refractivity contribution in [1.29, 1.82) is 0 Å². The Morgan fingerprint density at radius 2 is 2.21 bits per heavy atom. The van der Waals surface area contributed by atoms with Crippen molar-refractivity contribution in [3.05, 3.63) is 29.8 Å². The number of hydrogen-bond donors (Lipinski definition) is 1. The van der Waals surface area contributed by atoms with E-state index in [4.69, 9.17) is 4.74 Å². The molecule has 1 aromatic carbocycles. The fourth-order valence-corrected chi connectivity index (χ4v) is 4.27. The summed E-state index contributed by atoms with van der Waals surface area (Å²) in [6, 6.07) is 7.44. The van der Waals surface area contributed by atoms with Crippen molar-refractivity contribution in [2.45, 2.75) is 38.0 Å². The lowest BCUT2D eigenvalue weighted by Gasteiger charge is -2.31. The quantitative estimate of drug-likeness (QED) is 0.913. The molecule has 0 aromatic heterocycles. The molecule has 0 radical (unpaired) electrons. The van der Waals surface area contributed by atoms with Gasteiger partial charge in [0.05, 0.1) is 24.6 Å². The first-order valence-corrected chi connectivity index (χ1v) is 8.75. The molecule has 4 rings (SSSR count). The molecule has 0 aliphatic carbocycles. The molecule has 0 bridgehead atoms. The summed E-state index contributed by atoms with van der Waals surface area (Å²) in [5.74, 6) is 0.0913. The summed E-state index contributed by atoms with van der Waals surface area (Å²) in [6.45, 7) is 4.77. The highest BCUT2D eigenvalue weighted by molar-refractivity contribution is 6.00. The largest absolute Gasteiger partial charge is 0.384 e. The summed E-state index contributed by atoms with van der Waals surface area (Å²) in [6.07, 6.45) is 2.07. The molecular formula is C18H23N3O3. The third kappa shape index (κ3) is 2.13. The predicted molar refractivity (Wildman–Crippen MR) is 89.7 cm³/mol. The third-order valence-corrected chi connectivity index (χ3v) is 5.38. The average Bonchev–Trinajstić information content (AvgIpc) is 3.24. The number of amides is 2. The van der Waals surface area contributed by atoms with Crippen LogP contribution in [0.5, 0.6) is 0 Å². The molecule has 0 unspecified atom stereocenters. The molecule has 6 heteroatoms. The van der Waals surface area contributed by atoms with Gasteiger partial charge in [-0.3, -0.25) is 9.59 Å². The Morgan fingerprint density at radius 1 is 1.38 bits per heavy atom. The van der Waals surface area contributed by atoms with Crippen molar-refractivity contribution in [3.8, 4) is 0 Å². The Morgan fingerprint density at radius 3 is 3.04 bits per heavy atom. The molecule has 3 fully saturated rings. The van der Waals surface area contributed by atoms with E-state index in [0.29, 0.717) is 38.1 Å². The van der Waals surface area contributed by atoms with Gasteiger partial charge in [0.25, 0.3) is 5.91 Å². The van der Waals surface area contributed by atoms with Crippen molar-refractivity contribution in [2.75, 3.05) is 31.6 Å². The van der Waals surface area contributed by atoms with Gasteiger partial charge >= 0.3 is 0 Å². The number of carbonyl (C=O) groups excluding carboxylic acids is 2. The van der Waals surface area contributed by atoms with E-state index in [1.165, 1.54) is 0 Å². The van der Waals surface area contributed by atoms with Gasteiger partial charge in [-0.25, -0.2) is 0 Å². The lowest BCUT2D eigenvalue weighted by molar-refractivity contribution is -0.136. The average molecular weight is 329 g/mol. The van der Waals surface area contributed by atoms with Gasteiger partial charge in [0.1, 0.15) is 0 Å². The molecule has 2 amide bonds. The molecule has 128 valence electrons. The van der Waals surface area contributed by atoms with E-state index < -0.39 is 5.72 Å². The van der Waals surface area contributed by atoms with Gasteiger partial charge in [-0.15, -0.1) is 0 Å². The van der Waals surface area contributed by atoms with Crippen LogP contribution in [-0.4, -0.2) is 59.6 Å². The molecule has 3 aliphatic rings. The molecule has 0 saturated carbocycles. The van der Waals surface area contributed by atoms with Crippen LogP contribution >= 0.6 is 0 Å². The summed E-state index contributed by atoms with van der Waals surface area (Å²) in [5.41, 5.74) is 0.962. The van der Waals surface area contributed by atoms with Crippen LogP contribution in [0.3, 0.4) is 0 Å². The predicted octanol–water partition coefficient (Wildman–Crippen LogP) is 1.68. The molecule has 3 saturated heterocycles. The van der Waals surface area contributed by atoms with Crippen molar-refractivity contribution in [3.63, 3.8) is 0 Å². The molecule has 3 aliphatic heterocycles. The van der Waals surface area contributed by atoms with Crippen molar-refractivity contribution < 1.29 is 14.3 Å². The number of nitrogens with zero attached hydrogens (tertiary/aromatic N) is 2. The first-order valence-electron chi connectivity index (χ1n) is 8.75. The van der Waals surface area contributed by atoms with Crippen LogP contribution in [0.4, 0.5) is 5.69 Å². The Hall–Kier alpha value is -2.08.